The number of carbonyl (C=O) groups excluding carboxylic acids is 2. The fourth-order valence-corrected chi connectivity index (χ4v) is 3.34. The van der Waals surface area contributed by atoms with Crippen LogP contribution in [0.25, 0.3) is 11.0 Å². The van der Waals surface area contributed by atoms with E-state index in [1.807, 2.05) is 6.92 Å². The highest BCUT2D eigenvalue weighted by atomic mass is 79.9. The number of para-hydroxylation sites is 2. The standard InChI is InChI=1S/C21H20BrFN4O3/c1-2-24-19(28)10-9-17-21(30)27(18-6-4-3-5-16(18)25-17)12-20(29)26-15-8-7-13(22)11-14(15)23/h3-8,11H,2,9-10,12H2,1H3,(H,24,28)(H,26,29). The van der Waals surface area contributed by atoms with Gasteiger partial charge in [-0.15, -0.1) is 0 Å². The summed E-state index contributed by atoms with van der Waals surface area (Å²) in [6, 6.07) is 11.2. The summed E-state index contributed by atoms with van der Waals surface area (Å²) < 4.78 is 15.9. The molecule has 0 spiro atoms. The highest BCUT2D eigenvalue weighted by molar-refractivity contribution is 9.10. The topological polar surface area (TPSA) is 93.1 Å². The summed E-state index contributed by atoms with van der Waals surface area (Å²) in [5.41, 5.74) is 0.777. The van der Waals surface area contributed by atoms with Crippen molar-refractivity contribution in [1.82, 2.24) is 14.9 Å². The summed E-state index contributed by atoms with van der Waals surface area (Å²) in [6.07, 6.45) is 0.267. The summed E-state index contributed by atoms with van der Waals surface area (Å²) in [5, 5.41) is 5.16. The van der Waals surface area contributed by atoms with Gasteiger partial charge in [-0.3, -0.25) is 19.0 Å². The molecule has 1 aromatic heterocycles. The van der Waals surface area contributed by atoms with Gasteiger partial charge >= 0.3 is 0 Å². The lowest BCUT2D eigenvalue weighted by molar-refractivity contribution is -0.121. The van der Waals surface area contributed by atoms with E-state index < -0.39 is 17.3 Å². The monoisotopic (exact) mass is 474 g/mol. The molecule has 9 heteroatoms. The van der Waals surface area contributed by atoms with Gasteiger partial charge in [0.2, 0.25) is 11.8 Å². The molecule has 0 aliphatic heterocycles. The molecule has 0 saturated heterocycles. The van der Waals surface area contributed by atoms with Crippen molar-refractivity contribution < 1.29 is 14.0 Å². The SMILES string of the molecule is CCNC(=O)CCc1nc2ccccc2n(CC(=O)Nc2ccc(Br)cc2F)c1=O. The van der Waals surface area contributed by atoms with Crippen molar-refractivity contribution in [2.24, 2.45) is 0 Å². The van der Waals surface area contributed by atoms with E-state index in [4.69, 9.17) is 0 Å². The van der Waals surface area contributed by atoms with Gasteiger partial charge in [-0.05, 0) is 37.3 Å². The molecule has 156 valence electrons. The minimum Gasteiger partial charge on any atom is -0.356 e. The Labute approximate surface area is 180 Å². The van der Waals surface area contributed by atoms with Crippen molar-refractivity contribution in [2.75, 3.05) is 11.9 Å². The van der Waals surface area contributed by atoms with E-state index in [1.165, 1.54) is 16.7 Å². The van der Waals surface area contributed by atoms with E-state index in [1.54, 1.807) is 30.3 Å². The minimum atomic E-state index is -0.590. The number of amides is 2. The number of benzene rings is 2. The third-order valence-corrected chi connectivity index (χ3v) is 4.88. The van der Waals surface area contributed by atoms with Crippen molar-refractivity contribution in [2.45, 2.75) is 26.3 Å². The minimum absolute atomic E-state index is 0.0195. The quantitative estimate of drug-likeness (QED) is 0.550. The van der Waals surface area contributed by atoms with Gasteiger partial charge in [0, 0.05) is 23.9 Å². The van der Waals surface area contributed by atoms with Crippen LogP contribution < -0.4 is 16.2 Å². The van der Waals surface area contributed by atoms with Crippen molar-refractivity contribution in [3.05, 3.63) is 68.8 Å². The Morgan fingerprint density at radius 3 is 2.67 bits per heavy atom. The van der Waals surface area contributed by atoms with E-state index in [0.717, 1.165) is 0 Å². The van der Waals surface area contributed by atoms with Crippen LogP contribution in [0.2, 0.25) is 0 Å². The predicted molar refractivity (Wildman–Crippen MR) is 116 cm³/mol. The predicted octanol–water partition coefficient (Wildman–Crippen LogP) is 3.01. The summed E-state index contributed by atoms with van der Waals surface area (Å²) in [4.78, 5) is 41.6. The average Bonchev–Trinajstić information content (AvgIpc) is 2.71. The Hall–Kier alpha value is -3.07. The van der Waals surface area contributed by atoms with Crippen molar-refractivity contribution in [3.8, 4) is 0 Å². The van der Waals surface area contributed by atoms with Gasteiger partial charge in [0.25, 0.3) is 5.56 Å². The molecule has 0 atom stereocenters. The molecule has 0 unspecified atom stereocenters. The largest absolute Gasteiger partial charge is 0.356 e. The zero-order chi connectivity index (χ0) is 21.7. The maximum atomic E-state index is 14.0. The van der Waals surface area contributed by atoms with Crippen LogP contribution in [0.1, 0.15) is 19.0 Å². The number of hydrogen-bond donors (Lipinski definition) is 2. The van der Waals surface area contributed by atoms with Crippen molar-refractivity contribution in [1.29, 1.82) is 0 Å². The maximum absolute atomic E-state index is 14.0. The van der Waals surface area contributed by atoms with E-state index >= 15 is 0 Å². The molecule has 2 N–H and O–H groups in total. The Morgan fingerprint density at radius 1 is 1.17 bits per heavy atom. The number of rotatable bonds is 7. The lowest BCUT2D eigenvalue weighted by Gasteiger charge is -2.13. The number of nitrogens with zero attached hydrogens (tertiary/aromatic N) is 2. The number of carbonyl (C=O) groups is 2. The first-order valence-electron chi connectivity index (χ1n) is 9.39. The molecule has 0 aliphatic rings. The zero-order valence-corrected chi connectivity index (χ0v) is 17.8. The van der Waals surface area contributed by atoms with Gasteiger partial charge in [0.05, 0.1) is 16.7 Å². The van der Waals surface area contributed by atoms with Gasteiger partial charge in [-0.1, -0.05) is 28.1 Å². The summed E-state index contributed by atoms with van der Waals surface area (Å²) in [7, 11) is 0. The number of nitrogens with one attached hydrogen (secondary N) is 2. The third-order valence-electron chi connectivity index (χ3n) is 4.39. The van der Waals surface area contributed by atoms with E-state index in [0.29, 0.717) is 22.1 Å². The molecule has 0 radical (unpaired) electrons. The first-order valence-corrected chi connectivity index (χ1v) is 10.2. The van der Waals surface area contributed by atoms with Gasteiger partial charge in [-0.2, -0.15) is 0 Å². The van der Waals surface area contributed by atoms with Gasteiger partial charge in [-0.25, -0.2) is 9.37 Å². The normalized spacial score (nSPS) is 10.8. The molecule has 3 rings (SSSR count). The first kappa shape index (κ1) is 21.6. The van der Waals surface area contributed by atoms with Crippen LogP contribution in [0.3, 0.4) is 0 Å². The smallest absolute Gasteiger partial charge is 0.273 e. The Bertz CT molecular complexity index is 1160. The van der Waals surface area contributed by atoms with Crippen LogP contribution in [-0.2, 0) is 22.6 Å². The van der Waals surface area contributed by atoms with Crippen molar-refractivity contribution >= 4 is 44.5 Å². The van der Waals surface area contributed by atoms with Gasteiger partial charge in [0.15, 0.2) is 0 Å². The average molecular weight is 475 g/mol. The second-order valence-corrected chi connectivity index (χ2v) is 7.48. The van der Waals surface area contributed by atoms with Gasteiger partial charge < -0.3 is 10.6 Å². The molecule has 3 aromatic rings. The maximum Gasteiger partial charge on any atom is 0.273 e. The van der Waals surface area contributed by atoms with Crippen LogP contribution in [0.5, 0.6) is 0 Å². The summed E-state index contributed by atoms with van der Waals surface area (Å²) in [6.45, 7) is 2.00. The number of halogens is 2. The van der Waals surface area contributed by atoms with Crippen molar-refractivity contribution in [3.63, 3.8) is 0 Å². The lowest BCUT2D eigenvalue weighted by atomic mass is 10.2. The number of anilines is 1. The molecule has 0 saturated carbocycles. The molecule has 1 heterocycles. The van der Waals surface area contributed by atoms with Crippen LogP contribution in [0.4, 0.5) is 10.1 Å². The fourth-order valence-electron chi connectivity index (χ4n) is 3.01. The molecule has 0 fully saturated rings. The zero-order valence-electron chi connectivity index (χ0n) is 16.2. The Kier molecular flexibility index (Phi) is 6.94. The molecular formula is C21H20BrFN4O3. The van der Waals surface area contributed by atoms with E-state index in [2.05, 4.69) is 31.5 Å². The summed E-state index contributed by atoms with van der Waals surface area (Å²) >= 11 is 3.16. The number of aromatic nitrogens is 2. The molecule has 2 aromatic carbocycles. The number of fused-ring (bicyclic) bond motifs is 1. The molecule has 7 nitrogen and oxygen atoms in total. The second kappa shape index (κ2) is 9.62. The molecule has 0 aliphatic carbocycles. The van der Waals surface area contributed by atoms with Crippen LogP contribution in [-0.4, -0.2) is 27.9 Å². The number of hydrogen-bond acceptors (Lipinski definition) is 4. The van der Waals surface area contributed by atoms with E-state index in [-0.39, 0.29) is 36.7 Å². The highest BCUT2D eigenvalue weighted by Gasteiger charge is 2.15. The van der Waals surface area contributed by atoms with Crippen LogP contribution in [0.15, 0.2) is 51.7 Å². The van der Waals surface area contributed by atoms with Gasteiger partial charge in [0.1, 0.15) is 18.1 Å². The van der Waals surface area contributed by atoms with Crippen LogP contribution >= 0.6 is 15.9 Å². The second-order valence-electron chi connectivity index (χ2n) is 6.56. The van der Waals surface area contributed by atoms with Crippen LogP contribution in [0, 0.1) is 5.82 Å². The van der Waals surface area contributed by atoms with E-state index in [9.17, 15) is 18.8 Å². The first-order chi connectivity index (χ1) is 14.4. The Morgan fingerprint density at radius 2 is 1.93 bits per heavy atom. The number of aryl methyl sites for hydroxylation is 1. The molecule has 0 bridgehead atoms. The third kappa shape index (κ3) is 5.10. The fraction of sp³-hybridized carbons (Fsp3) is 0.238. The highest BCUT2D eigenvalue weighted by Crippen LogP contribution is 2.19. The molecular weight excluding hydrogens is 455 g/mol. The molecule has 30 heavy (non-hydrogen) atoms. The lowest BCUT2D eigenvalue weighted by Crippen LogP contribution is -2.32. The Balaban J connectivity index is 1.89. The summed E-state index contributed by atoms with van der Waals surface area (Å²) in [5.74, 6) is -1.32. The molecule has 2 amide bonds.